The second kappa shape index (κ2) is 9.36. The lowest BCUT2D eigenvalue weighted by Crippen LogP contribution is -2.54. The Morgan fingerprint density at radius 2 is 1.47 bits per heavy atom. The Morgan fingerprint density at radius 3 is 2.00 bits per heavy atom. The Bertz CT molecular complexity index is 845. The normalized spacial score (nSPS) is 30.8. The molecule has 0 aromatic heterocycles. The third kappa shape index (κ3) is 4.11. The number of nitrogens with zero attached hydrogens (tertiary/aromatic N) is 2. The molecule has 2 aromatic carbocycles. The van der Waals surface area contributed by atoms with Crippen LogP contribution in [0.15, 0.2) is 60.7 Å². The highest BCUT2D eigenvalue weighted by atomic mass is 16.5. The minimum atomic E-state index is -0.0910. The first-order valence-corrected chi connectivity index (χ1v) is 12.4. The molecule has 1 saturated carbocycles. The molecule has 0 unspecified atom stereocenters. The summed E-state index contributed by atoms with van der Waals surface area (Å²) in [5, 5.41) is 0. The maximum Gasteiger partial charge on any atom is 0.320 e. The summed E-state index contributed by atoms with van der Waals surface area (Å²) in [5.74, 6) is 0.729. The number of carbonyl (C=O) groups excluding carboxylic acids is 1. The Hall–Kier alpha value is -2.17. The van der Waals surface area contributed by atoms with E-state index in [2.05, 4.69) is 70.5 Å². The minimum absolute atomic E-state index is 0.0910. The maximum atomic E-state index is 12.6. The Balaban J connectivity index is 1.60. The van der Waals surface area contributed by atoms with E-state index in [-0.39, 0.29) is 11.5 Å². The first kappa shape index (κ1) is 21.7. The van der Waals surface area contributed by atoms with Crippen molar-refractivity contribution in [3.63, 3.8) is 0 Å². The molecule has 3 heterocycles. The van der Waals surface area contributed by atoms with E-state index in [1.165, 1.54) is 49.9 Å². The molecule has 0 radical (unpaired) electrons. The van der Waals surface area contributed by atoms with Crippen molar-refractivity contribution >= 4 is 5.97 Å². The lowest BCUT2D eigenvalue weighted by Gasteiger charge is -2.51. The van der Waals surface area contributed by atoms with Crippen molar-refractivity contribution in [3.8, 4) is 0 Å². The monoisotopic (exact) mass is 432 g/mol. The molecule has 4 nitrogen and oxygen atoms in total. The summed E-state index contributed by atoms with van der Waals surface area (Å²) in [7, 11) is 0. The summed E-state index contributed by atoms with van der Waals surface area (Å²) in [6.07, 6.45) is 6.12. The zero-order valence-corrected chi connectivity index (χ0v) is 19.3. The highest BCUT2D eigenvalue weighted by Gasteiger charge is 2.54. The van der Waals surface area contributed by atoms with Crippen LogP contribution in [0.25, 0.3) is 0 Å². The van der Waals surface area contributed by atoms with E-state index in [0.29, 0.717) is 31.0 Å². The second-order valence-electron chi connectivity index (χ2n) is 9.88. The molecule has 0 N–H and O–H groups in total. The predicted molar refractivity (Wildman–Crippen MR) is 128 cm³/mol. The van der Waals surface area contributed by atoms with Gasteiger partial charge >= 0.3 is 5.97 Å². The number of likely N-dealkylation sites (tertiary alicyclic amines) is 1. The van der Waals surface area contributed by atoms with E-state index in [1.807, 2.05) is 6.92 Å². The van der Waals surface area contributed by atoms with Gasteiger partial charge in [0.1, 0.15) is 0 Å². The van der Waals surface area contributed by atoms with Gasteiger partial charge in [-0.3, -0.25) is 14.6 Å². The second-order valence-corrected chi connectivity index (χ2v) is 9.88. The maximum absolute atomic E-state index is 12.6. The van der Waals surface area contributed by atoms with Gasteiger partial charge in [0.15, 0.2) is 0 Å². The van der Waals surface area contributed by atoms with Crippen molar-refractivity contribution in [3.05, 3.63) is 71.8 Å². The number of hydrogen-bond donors (Lipinski definition) is 0. The quantitative estimate of drug-likeness (QED) is 0.613. The lowest BCUT2D eigenvalue weighted by atomic mass is 9.63. The average Bonchev–Trinajstić information content (AvgIpc) is 3.29. The molecule has 1 aliphatic carbocycles. The number of esters is 1. The zero-order valence-electron chi connectivity index (χ0n) is 19.3. The van der Waals surface area contributed by atoms with Crippen molar-refractivity contribution < 1.29 is 9.53 Å². The van der Waals surface area contributed by atoms with Crippen molar-refractivity contribution in [1.29, 1.82) is 0 Å². The number of benzene rings is 2. The van der Waals surface area contributed by atoms with Crippen molar-refractivity contribution in [1.82, 2.24) is 9.80 Å². The van der Waals surface area contributed by atoms with Crippen LogP contribution in [-0.4, -0.2) is 60.1 Å². The van der Waals surface area contributed by atoms with Gasteiger partial charge in [0, 0.05) is 30.0 Å². The molecule has 4 fully saturated rings. The van der Waals surface area contributed by atoms with E-state index in [0.717, 1.165) is 13.0 Å². The van der Waals surface area contributed by atoms with Gasteiger partial charge < -0.3 is 4.74 Å². The molecule has 4 heteroatoms. The summed E-state index contributed by atoms with van der Waals surface area (Å²) in [5.41, 5.74) is 3.03. The Kier molecular flexibility index (Phi) is 6.34. The standard InChI is InChI=1S/C28H36N2O2/c1-2-32-26(31)21-29-18-15-28(30-16-9-10-17-30)19-24(22-11-5-3-6-12-22)27(29)25(20-28)23-13-7-4-8-14-23/h3-8,11-14,24-25,27H,2,9-10,15-21H2,1H3/t24-,25-,27?,28?/m0/s1. The van der Waals surface area contributed by atoms with Crippen molar-refractivity contribution in [2.24, 2.45) is 0 Å². The number of ether oxygens (including phenoxy) is 1. The van der Waals surface area contributed by atoms with Crippen LogP contribution in [0.2, 0.25) is 0 Å². The van der Waals surface area contributed by atoms with Gasteiger partial charge in [-0.05, 0) is 63.2 Å². The number of fused-ring (bicyclic) bond motifs is 4. The summed E-state index contributed by atoms with van der Waals surface area (Å²) in [4.78, 5) is 17.9. The summed E-state index contributed by atoms with van der Waals surface area (Å²) in [6, 6.07) is 22.4. The SMILES string of the molecule is CCOC(=O)CN1CCC2(N3CCCC3)C[C@@H](c3ccccc3)C1[C@H](c1ccccc1)C2. The predicted octanol–water partition coefficient (Wildman–Crippen LogP) is 4.82. The highest BCUT2D eigenvalue weighted by molar-refractivity contribution is 5.71. The molecule has 3 saturated heterocycles. The Labute approximate surface area is 192 Å². The van der Waals surface area contributed by atoms with Crippen LogP contribution in [0.4, 0.5) is 0 Å². The zero-order chi connectivity index (χ0) is 22.0. The largest absolute Gasteiger partial charge is 0.465 e. The van der Waals surface area contributed by atoms with Crippen molar-refractivity contribution in [2.45, 2.75) is 62.4 Å². The van der Waals surface area contributed by atoms with E-state index < -0.39 is 0 Å². The van der Waals surface area contributed by atoms with Gasteiger partial charge in [0.25, 0.3) is 0 Å². The number of hydrogen-bond acceptors (Lipinski definition) is 4. The van der Waals surface area contributed by atoms with Gasteiger partial charge in [-0.15, -0.1) is 0 Å². The fourth-order valence-electron chi connectivity index (χ4n) is 6.83. The van der Waals surface area contributed by atoms with Crippen LogP contribution in [0.1, 0.15) is 62.0 Å². The minimum Gasteiger partial charge on any atom is -0.465 e. The van der Waals surface area contributed by atoms with E-state index in [1.54, 1.807) is 0 Å². The van der Waals surface area contributed by atoms with E-state index in [4.69, 9.17) is 4.74 Å². The molecular weight excluding hydrogens is 396 g/mol. The molecule has 0 amide bonds. The average molecular weight is 433 g/mol. The van der Waals surface area contributed by atoms with Crippen LogP contribution >= 0.6 is 0 Å². The first-order chi connectivity index (χ1) is 15.7. The van der Waals surface area contributed by atoms with Gasteiger partial charge in [-0.1, -0.05) is 60.7 Å². The summed E-state index contributed by atoms with van der Waals surface area (Å²) >= 11 is 0. The molecule has 3 aliphatic heterocycles. The summed E-state index contributed by atoms with van der Waals surface area (Å²) < 4.78 is 5.41. The lowest BCUT2D eigenvalue weighted by molar-refractivity contribution is -0.145. The van der Waals surface area contributed by atoms with Gasteiger partial charge in [-0.2, -0.15) is 0 Å². The third-order valence-corrected chi connectivity index (χ3v) is 8.18. The molecule has 2 aromatic rings. The molecule has 0 spiro atoms. The fraction of sp³-hybridized carbons (Fsp3) is 0.536. The number of rotatable bonds is 6. The van der Waals surface area contributed by atoms with Crippen LogP contribution in [0.5, 0.6) is 0 Å². The molecule has 32 heavy (non-hydrogen) atoms. The van der Waals surface area contributed by atoms with Crippen LogP contribution in [-0.2, 0) is 9.53 Å². The first-order valence-electron chi connectivity index (χ1n) is 12.4. The Morgan fingerprint density at radius 1 is 0.906 bits per heavy atom. The molecule has 4 aliphatic rings. The fourth-order valence-corrected chi connectivity index (χ4v) is 6.83. The van der Waals surface area contributed by atoms with E-state index in [9.17, 15) is 4.79 Å². The van der Waals surface area contributed by atoms with Crippen molar-refractivity contribution in [2.75, 3.05) is 32.8 Å². The molecule has 6 rings (SSSR count). The van der Waals surface area contributed by atoms with Crippen LogP contribution in [0, 0.1) is 0 Å². The van der Waals surface area contributed by atoms with Crippen LogP contribution < -0.4 is 0 Å². The van der Waals surface area contributed by atoms with Gasteiger partial charge in [0.05, 0.1) is 13.2 Å². The number of carbonyl (C=O) groups is 1. The van der Waals surface area contributed by atoms with Gasteiger partial charge in [-0.25, -0.2) is 0 Å². The highest BCUT2D eigenvalue weighted by Crippen LogP contribution is 2.54. The molecule has 170 valence electrons. The topological polar surface area (TPSA) is 32.8 Å². The molecule has 2 atom stereocenters. The van der Waals surface area contributed by atoms with E-state index >= 15 is 0 Å². The summed E-state index contributed by atoms with van der Waals surface area (Å²) in [6.45, 7) is 6.12. The molecule has 2 bridgehead atoms. The molecular formula is C28H36N2O2. The van der Waals surface area contributed by atoms with Crippen LogP contribution in [0.3, 0.4) is 0 Å². The van der Waals surface area contributed by atoms with Gasteiger partial charge in [0.2, 0.25) is 0 Å². The third-order valence-electron chi connectivity index (χ3n) is 8.18. The smallest absolute Gasteiger partial charge is 0.320 e.